The first-order valence-corrected chi connectivity index (χ1v) is 15.3. The first-order chi connectivity index (χ1) is 20.0. The lowest BCUT2D eigenvalue weighted by molar-refractivity contribution is 0.0361. The Morgan fingerprint density at radius 1 is 0.976 bits per heavy atom. The number of hydrogen-bond donors (Lipinski definition) is 0. The van der Waals surface area contributed by atoms with E-state index in [1.807, 2.05) is 42.7 Å². The quantitative estimate of drug-likeness (QED) is 0.341. The second kappa shape index (κ2) is 14.0. The van der Waals surface area contributed by atoms with Crippen LogP contribution < -0.4 is 9.47 Å². The third-order valence-electron chi connectivity index (χ3n) is 8.52. The predicted molar refractivity (Wildman–Crippen MR) is 163 cm³/mol. The number of benzene rings is 2. The molecule has 1 aromatic heterocycles. The number of likely N-dealkylation sites (tertiary alicyclic amines) is 1. The van der Waals surface area contributed by atoms with Crippen molar-refractivity contribution in [2.45, 2.75) is 58.9 Å². The summed E-state index contributed by atoms with van der Waals surface area (Å²) in [5, 5.41) is 0. The fourth-order valence-electron chi connectivity index (χ4n) is 6.20. The molecular weight excluding hydrogens is 510 g/mol. The van der Waals surface area contributed by atoms with E-state index in [0.717, 1.165) is 75.5 Å². The van der Waals surface area contributed by atoms with Gasteiger partial charge in [-0.3, -0.25) is 14.7 Å². The van der Waals surface area contributed by atoms with Crippen molar-refractivity contribution in [1.29, 1.82) is 0 Å². The fourth-order valence-corrected chi connectivity index (χ4v) is 6.20. The van der Waals surface area contributed by atoms with Crippen LogP contribution in [-0.4, -0.2) is 60.1 Å². The van der Waals surface area contributed by atoms with E-state index in [0.29, 0.717) is 19.1 Å². The molecule has 5 rings (SSSR count). The number of ether oxygens (including phenoxy) is 2. The third kappa shape index (κ3) is 8.10. The minimum absolute atomic E-state index is 0.126. The molecule has 6 heteroatoms. The Morgan fingerprint density at radius 3 is 2.54 bits per heavy atom. The van der Waals surface area contributed by atoms with Crippen molar-refractivity contribution < 1.29 is 14.3 Å². The molecule has 0 radical (unpaired) electrons. The number of fused-ring (bicyclic) bond motifs is 1. The zero-order valence-corrected chi connectivity index (χ0v) is 24.8. The van der Waals surface area contributed by atoms with Crippen LogP contribution in [-0.2, 0) is 13.0 Å². The van der Waals surface area contributed by atoms with Crippen LogP contribution in [0.4, 0.5) is 0 Å². The van der Waals surface area contributed by atoms with E-state index in [9.17, 15) is 4.79 Å². The largest absolute Gasteiger partial charge is 0.493 e. The Labute approximate surface area is 245 Å². The number of amides is 1. The number of hydrogen-bond acceptors (Lipinski definition) is 5. The predicted octanol–water partition coefficient (Wildman–Crippen LogP) is 6.65. The average molecular weight is 556 g/mol. The summed E-state index contributed by atoms with van der Waals surface area (Å²) in [6.07, 6.45) is 10.4. The van der Waals surface area contributed by atoms with Gasteiger partial charge in [0.05, 0.1) is 6.61 Å². The van der Waals surface area contributed by atoms with Gasteiger partial charge in [-0.25, -0.2) is 0 Å². The van der Waals surface area contributed by atoms with Crippen molar-refractivity contribution in [2.24, 2.45) is 11.3 Å². The van der Waals surface area contributed by atoms with Gasteiger partial charge >= 0.3 is 0 Å². The van der Waals surface area contributed by atoms with Crippen LogP contribution in [0.15, 0.2) is 73.1 Å². The van der Waals surface area contributed by atoms with E-state index in [2.05, 4.69) is 59.0 Å². The Morgan fingerprint density at radius 2 is 1.78 bits per heavy atom. The lowest BCUT2D eigenvalue weighted by atomic mass is 9.73. The third-order valence-corrected chi connectivity index (χ3v) is 8.52. The van der Waals surface area contributed by atoms with Crippen LogP contribution in [0.2, 0.25) is 0 Å². The molecule has 218 valence electrons. The molecule has 1 fully saturated rings. The molecule has 1 amide bonds. The first kappa shape index (κ1) is 29.1. The summed E-state index contributed by atoms with van der Waals surface area (Å²) in [7, 11) is 0. The van der Waals surface area contributed by atoms with Crippen LogP contribution in [0, 0.1) is 11.3 Å². The number of carbonyl (C=O) groups is 1. The van der Waals surface area contributed by atoms with Gasteiger partial charge in [-0.1, -0.05) is 44.5 Å². The maximum absolute atomic E-state index is 13.4. The molecular formula is C35H45N3O3. The zero-order chi connectivity index (χ0) is 28.5. The van der Waals surface area contributed by atoms with Crippen molar-refractivity contribution in [3.63, 3.8) is 0 Å². The fraction of sp³-hybridized carbons (Fsp3) is 0.486. The topological polar surface area (TPSA) is 54.9 Å². The standard InChI is InChI=1S/C35H45N3O3/c1-28(2)26-41-32-14-12-31(13-15-32)34(39)38-20-17-35(18-21-38)16-6-5-10-30-9-3-4-11-33(30)40-23-22-37(27-35)25-29-8-7-19-36-24-29/h3-4,7-9,11-15,19,24,28H,5-6,10,16-18,20-23,25-27H2,1-2H3. The molecule has 2 aliphatic heterocycles. The molecule has 2 aromatic carbocycles. The highest BCUT2D eigenvalue weighted by Gasteiger charge is 2.37. The van der Waals surface area contributed by atoms with Gasteiger partial charge in [0.2, 0.25) is 0 Å². The van der Waals surface area contributed by atoms with E-state index in [-0.39, 0.29) is 11.3 Å². The van der Waals surface area contributed by atoms with E-state index in [1.54, 1.807) is 0 Å². The van der Waals surface area contributed by atoms with E-state index in [4.69, 9.17) is 9.47 Å². The van der Waals surface area contributed by atoms with Gasteiger partial charge in [0, 0.05) is 50.7 Å². The van der Waals surface area contributed by atoms with E-state index in [1.165, 1.54) is 24.0 Å². The maximum atomic E-state index is 13.4. The minimum Gasteiger partial charge on any atom is -0.493 e. The second-order valence-electron chi connectivity index (χ2n) is 12.3. The molecule has 0 saturated carbocycles. The van der Waals surface area contributed by atoms with E-state index < -0.39 is 0 Å². The molecule has 41 heavy (non-hydrogen) atoms. The summed E-state index contributed by atoms with van der Waals surface area (Å²) in [6, 6.07) is 20.3. The van der Waals surface area contributed by atoms with Gasteiger partial charge in [-0.15, -0.1) is 0 Å². The molecule has 3 heterocycles. The monoisotopic (exact) mass is 555 g/mol. The van der Waals surface area contributed by atoms with Crippen molar-refractivity contribution in [2.75, 3.05) is 39.4 Å². The molecule has 6 nitrogen and oxygen atoms in total. The van der Waals surface area contributed by atoms with Gasteiger partial charge in [0.25, 0.3) is 5.91 Å². The van der Waals surface area contributed by atoms with Gasteiger partial charge in [0.1, 0.15) is 18.1 Å². The number of carbonyl (C=O) groups excluding carboxylic acids is 1. The zero-order valence-electron chi connectivity index (χ0n) is 24.8. The highest BCUT2D eigenvalue weighted by atomic mass is 16.5. The number of nitrogens with zero attached hydrogens (tertiary/aromatic N) is 3. The lowest BCUT2D eigenvalue weighted by Gasteiger charge is -2.45. The lowest BCUT2D eigenvalue weighted by Crippen LogP contribution is -2.48. The highest BCUT2D eigenvalue weighted by molar-refractivity contribution is 5.94. The average Bonchev–Trinajstić information content (AvgIpc) is 2.99. The number of piperidine rings is 1. The summed E-state index contributed by atoms with van der Waals surface area (Å²) in [6.45, 7) is 9.92. The number of para-hydroxylation sites is 1. The van der Waals surface area contributed by atoms with Gasteiger partial charge in [-0.05, 0) is 91.0 Å². The van der Waals surface area contributed by atoms with Crippen molar-refractivity contribution in [1.82, 2.24) is 14.8 Å². The van der Waals surface area contributed by atoms with Crippen molar-refractivity contribution in [3.05, 3.63) is 89.7 Å². The number of rotatable bonds is 6. The Hall–Kier alpha value is -3.38. The summed E-state index contributed by atoms with van der Waals surface area (Å²) in [4.78, 5) is 22.4. The number of aryl methyl sites for hydroxylation is 1. The number of pyridine rings is 1. The van der Waals surface area contributed by atoms with Crippen LogP contribution in [0.1, 0.15) is 67.4 Å². The van der Waals surface area contributed by atoms with Gasteiger partial charge in [0.15, 0.2) is 0 Å². The summed E-state index contributed by atoms with van der Waals surface area (Å²) in [5.74, 6) is 2.44. The Bertz CT molecular complexity index is 1240. The van der Waals surface area contributed by atoms with Crippen LogP contribution in [0.3, 0.4) is 0 Å². The highest BCUT2D eigenvalue weighted by Crippen LogP contribution is 2.39. The molecule has 0 unspecified atom stereocenters. The molecule has 1 spiro atoms. The van der Waals surface area contributed by atoms with Crippen molar-refractivity contribution >= 4 is 5.91 Å². The molecule has 2 aliphatic rings. The molecule has 0 bridgehead atoms. The minimum atomic E-state index is 0.126. The summed E-state index contributed by atoms with van der Waals surface area (Å²) >= 11 is 0. The molecule has 0 N–H and O–H groups in total. The van der Waals surface area contributed by atoms with Crippen molar-refractivity contribution in [3.8, 4) is 11.5 Å². The molecule has 0 aliphatic carbocycles. The summed E-state index contributed by atoms with van der Waals surface area (Å²) < 4.78 is 12.1. The van der Waals surface area contributed by atoms with Gasteiger partial charge < -0.3 is 14.4 Å². The van der Waals surface area contributed by atoms with E-state index >= 15 is 0 Å². The van der Waals surface area contributed by atoms with Crippen LogP contribution in [0.5, 0.6) is 11.5 Å². The SMILES string of the molecule is CC(C)COc1ccc(C(=O)N2CCC3(CCCCc4ccccc4OCCN(Cc4cccnc4)C3)CC2)cc1. The molecule has 0 atom stereocenters. The Balaban J connectivity index is 1.27. The first-order valence-electron chi connectivity index (χ1n) is 15.3. The van der Waals surface area contributed by atoms with Gasteiger partial charge in [-0.2, -0.15) is 0 Å². The number of aromatic nitrogens is 1. The molecule has 1 saturated heterocycles. The van der Waals surface area contributed by atoms with Crippen LogP contribution >= 0.6 is 0 Å². The smallest absolute Gasteiger partial charge is 0.253 e. The molecule has 3 aromatic rings. The Kier molecular flexibility index (Phi) is 9.94. The maximum Gasteiger partial charge on any atom is 0.253 e. The van der Waals surface area contributed by atoms with Crippen LogP contribution in [0.25, 0.3) is 0 Å². The normalized spacial score (nSPS) is 18.2. The second-order valence-corrected chi connectivity index (χ2v) is 12.3. The summed E-state index contributed by atoms with van der Waals surface area (Å²) in [5.41, 5.74) is 3.46.